The van der Waals surface area contributed by atoms with Gasteiger partial charge in [-0.15, -0.1) is 0 Å². The highest BCUT2D eigenvalue weighted by Crippen LogP contribution is 2.11. The average Bonchev–Trinajstić information content (AvgIpc) is 2.77. The fourth-order valence-electron chi connectivity index (χ4n) is 3.55. The molecule has 0 saturated carbocycles. The Morgan fingerprint density at radius 2 is 1.09 bits per heavy atom. The number of unbranched alkanes of at least 4 members (excludes halogenated alkanes) is 14. The maximum atomic E-state index is 11.8. The van der Waals surface area contributed by atoms with Crippen LogP contribution in [0.1, 0.15) is 136 Å². The van der Waals surface area contributed by atoms with Gasteiger partial charge >= 0.3 is 11.9 Å². The Bertz CT molecular complexity index is 456. The third kappa shape index (κ3) is 24.9. The van der Waals surface area contributed by atoms with E-state index in [2.05, 4.69) is 13.0 Å². The van der Waals surface area contributed by atoms with Gasteiger partial charge in [0.1, 0.15) is 6.61 Å². The number of carbonyl (C=O) groups excluding carboxylic acids is 2. The molecule has 4 nitrogen and oxygen atoms in total. The minimum absolute atomic E-state index is 0.0799. The molecule has 0 heterocycles. The smallest absolute Gasteiger partial charge is 0.306 e. The molecule has 0 aromatic heterocycles. The van der Waals surface area contributed by atoms with Crippen LogP contribution in [0.4, 0.5) is 0 Å². The quantitative estimate of drug-likeness (QED) is 0.0888. The number of ether oxygens (including phenoxy) is 2. The minimum atomic E-state index is -0.0920. The van der Waals surface area contributed by atoms with E-state index in [9.17, 15) is 9.59 Å². The molecule has 0 fully saturated rings. The first-order valence-electron chi connectivity index (χ1n) is 13.5. The third-order valence-corrected chi connectivity index (χ3v) is 5.57. The lowest BCUT2D eigenvalue weighted by Gasteiger charge is -2.07. The van der Waals surface area contributed by atoms with Gasteiger partial charge in [0.2, 0.25) is 0 Å². The number of allylic oxidation sites excluding steroid dienone is 1. The Morgan fingerprint density at radius 1 is 0.625 bits per heavy atom. The first-order chi connectivity index (χ1) is 15.6. The molecule has 0 saturated heterocycles. The Balaban J connectivity index is 3.32. The van der Waals surface area contributed by atoms with Crippen molar-refractivity contribution in [2.45, 2.75) is 136 Å². The summed E-state index contributed by atoms with van der Waals surface area (Å²) in [5.41, 5.74) is 0. The van der Waals surface area contributed by atoms with Gasteiger partial charge in [0, 0.05) is 12.8 Å². The van der Waals surface area contributed by atoms with Crippen molar-refractivity contribution in [1.29, 1.82) is 0 Å². The van der Waals surface area contributed by atoms with Crippen LogP contribution < -0.4 is 0 Å². The number of rotatable bonds is 23. The average molecular weight is 453 g/mol. The van der Waals surface area contributed by atoms with Gasteiger partial charge in [-0.05, 0) is 31.6 Å². The van der Waals surface area contributed by atoms with Crippen LogP contribution in [-0.2, 0) is 19.1 Å². The van der Waals surface area contributed by atoms with Gasteiger partial charge in [-0.3, -0.25) is 9.59 Å². The molecular weight excluding hydrogens is 400 g/mol. The van der Waals surface area contributed by atoms with Crippen LogP contribution in [0, 0.1) is 5.92 Å². The van der Waals surface area contributed by atoms with Gasteiger partial charge in [0.15, 0.2) is 0 Å². The maximum absolute atomic E-state index is 11.8. The molecule has 0 aliphatic rings. The molecule has 0 aromatic rings. The van der Waals surface area contributed by atoms with E-state index < -0.39 is 0 Å². The molecule has 0 aromatic carbocycles. The second kappa shape index (κ2) is 24.3. The summed E-state index contributed by atoms with van der Waals surface area (Å²) in [5.74, 6) is 0.223. The van der Waals surface area contributed by atoms with E-state index in [1.165, 1.54) is 57.8 Å². The molecule has 188 valence electrons. The van der Waals surface area contributed by atoms with Crippen LogP contribution in [0.5, 0.6) is 0 Å². The van der Waals surface area contributed by atoms with Gasteiger partial charge < -0.3 is 9.47 Å². The lowest BCUT2D eigenvalue weighted by molar-refractivity contribution is -0.145. The van der Waals surface area contributed by atoms with Gasteiger partial charge in [0.25, 0.3) is 0 Å². The largest absolute Gasteiger partial charge is 0.465 e. The summed E-state index contributed by atoms with van der Waals surface area (Å²) in [6, 6.07) is 0. The zero-order chi connectivity index (χ0) is 23.7. The molecule has 0 bridgehead atoms. The van der Waals surface area contributed by atoms with Crippen molar-refractivity contribution in [3.63, 3.8) is 0 Å². The lowest BCUT2D eigenvalue weighted by Crippen LogP contribution is -2.09. The standard InChI is InChI=1S/C28H52O4/c1-4-5-6-7-8-9-10-11-12-15-18-21-24-31-27(29)22-19-16-13-14-17-20-23-28(30)32-25-26(2)3/h18,21,26H,4-17,19-20,22-25H2,1-3H3/b21-18+. The minimum Gasteiger partial charge on any atom is -0.465 e. The van der Waals surface area contributed by atoms with Crippen LogP contribution in [0.2, 0.25) is 0 Å². The van der Waals surface area contributed by atoms with Crippen molar-refractivity contribution in [2.24, 2.45) is 5.92 Å². The van der Waals surface area contributed by atoms with Crippen molar-refractivity contribution in [3.8, 4) is 0 Å². The van der Waals surface area contributed by atoms with E-state index in [1.54, 1.807) is 0 Å². The van der Waals surface area contributed by atoms with Crippen LogP contribution in [0.15, 0.2) is 12.2 Å². The van der Waals surface area contributed by atoms with E-state index in [4.69, 9.17) is 9.47 Å². The second-order valence-corrected chi connectivity index (χ2v) is 9.47. The summed E-state index contributed by atoms with van der Waals surface area (Å²) in [7, 11) is 0. The van der Waals surface area contributed by atoms with Crippen molar-refractivity contribution in [1.82, 2.24) is 0 Å². The fraction of sp³-hybridized carbons (Fsp3) is 0.857. The Hall–Kier alpha value is -1.32. The summed E-state index contributed by atoms with van der Waals surface area (Å²) in [5, 5.41) is 0. The fourth-order valence-corrected chi connectivity index (χ4v) is 3.55. The Morgan fingerprint density at radius 3 is 1.62 bits per heavy atom. The number of hydrogen-bond donors (Lipinski definition) is 0. The van der Waals surface area contributed by atoms with Crippen LogP contribution in [0.3, 0.4) is 0 Å². The Kier molecular flexibility index (Phi) is 23.3. The summed E-state index contributed by atoms with van der Waals surface area (Å²) in [6.07, 6.45) is 24.5. The van der Waals surface area contributed by atoms with E-state index in [1.807, 2.05) is 19.9 Å². The molecule has 0 atom stereocenters. The van der Waals surface area contributed by atoms with Gasteiger partial charge in [-0.1, -0.05) is 110 Å². The molecule has 32 heavy (non-hydrogen) atoms. The number of carbonyl (C=O) groups is 2. The van der Waals surface area contributed by atoms with Crippen molar-refractivity contribution >= 4 is 11.9 Å². The molecule has 4 heteroatoms. The summed E-state index contributed by atoms with van der Waals surface area (Å²) < 4.78 is 10.4. The van der Waals surface area contributed by atoms with Gasteiger partial charge in [0.05, 0.1) is 6.61 Å². The molecule has 0 amide bonds. The van der Waals surface area contributed by atoms with E-state index in [-0.39, 0.29) is 11.9 Å². The zero-order valence-corrected chi connectivity index (χ0v) is 21.5. The molecular formula is C28H52O4. The molecule has 0 unspecified atom stereocenters. The molecule has 0 aliphatic heterocycles. The first kappa shape index (κ1) is 30.7. The predicted molar refractivity (Wildman–Crippen MR) is 135 cm³/mol. The highest BCUT2D eigenvalue weighted by molar-refractivity contribution is 5.69. The van der Waals surface area contributed by atoms with E-state index in [0.29, 0.717) is 32.0 Å². The van der Waals surface area contributed by atoms with Crippen LogP contribution in [0.25, 0.3) is 0 Å². The maximum Gasteiger partial charge on any atom is 0.306 e. The Labute approximate surface area is 198 Å². The second-order valence-electron chi connectivity index (χ2n) is 9.47. The summed E-state index contributed by atoms with van der Waals surface area (Å²) >= 11 is 0. The molecule has 0 aliphatic carbocycles. The zero-order valence-electron chi connectivity index (χ0n) is 21.5. The highest BCUT2D eigenvalue weighted by atomic mass is 16.5. The lowest BCUT2D eigenvalue weighted by atomic mass is 10.1. The number of hydrogen-bond acceptors (Lipinski definition) is 4. The topological polar surface area (TPSA) is 52.6 Å². The van der Waals surface area contributed by atoms with E-state index >= 15 is 0 Å². The first-order valence-corrected chi connectivity index (χ1v) is 13.5. The molecule has 0 spiro atoms. The normalized spacial score (nSPS) is 11.4. The molecule has 0 rings (SSSR count). The van der Waals surface area contributed by atoms with Crippen molar-refractivity contribution in [2.75, 3.05) is 13.2 Å². The molecule has 0 radical (unpaired) electrons. The monoisotopic (exact) mass is 452 g/mol. The van der Waals surface area contributed by atoms with Crippen molar-refractivity contribution < 1.29 is 19.1 Å². The SMILES string of the molecule is CCCCCCCCCCC/C=C/COC(=O)CCCCCCCCC(=O)OCC(C)C. The van der Waals surface area contributed by atoms with Crippen molar-refractivity contribution in [3.05, 3.63) is 12.2 Å². The van der Waals surface area contributed by atoms with E-state index in [0.717, 1.165) is 44.9 Å². The third-order valence-electron chi connectivity index (χ3n) is 5.57. The predicted octanol–water partition coefficient (Wildman–Crippen LogP) is 8.33. The van der Waals surface area contributed by atoms with Crippen LogP contribution in [-0.4, -0.2) is 25.2 Å². The highest BCUT2D eigenvalue weighted by Gasteiger charge is 2.04. The van der Waals surface area contributed by atoms with Gasteiger partial charge in [-0.25, -0.2) is 0 Å². The summed E-state index contributed by atoms with van der Waals surface area (Å²) in [6.45, 7) is 7.27. The van der Waals surface area contributed by atoms with Gasteiger partial charge in [-0.2, -0.15) is 0 Å². The molecule has 0 N–H and O–H groups in total. The summed E-state index contributed by atoms with van der Waals surface area (Å²) in [4.78, 5) is 23.3. The number of esters is 2. The van der Waals surface area contributed by atoms with Crippen LogP contribution >= 0.6 is 0 Å².